The number of rotatable bonds is 1. The number of hydrogen-bond donors (Lipinski definition) is 1. The zero-order valence-electron chi connectivity index (χ0n) is 9.33. The fraction of sp³-hybridized carbons (Fsp3) is 0.462. The number of nitriles is 1. The summed E-state index contributed by atoms with van der Waals surface area (Å²) in [6.07, 6.45) is 2.38. The molecule has 0 saturated carbocycles. The van der Waals surface area contributed by atoms with Gasteiger partial charge in [-0.15, -0.1) is 0 Å². The number of hydrogen-bond acceptors (Lipinski definition) is 2. The predicted octanol–water partition coefficient (Wildman–Crippen LogP) is 3.27. The van der Waals surface area contributed by atoms with Gasteiger partial charge in [0.15, 0.2) is 0 Å². The summed E-state index contributed by atoms with van der Waals surface area (Å²) in [5.41, 5.74) is 1.74. The average Bonchev–Trinajstić information content (AvgIpc) is 2.29. The molecule has 1 saturated heterocycles. The Morgan fingerprint density at radius 1 is 1.50 bits per heavy atom. The SMILES string of the molecule is CC1CCNC(c2ccc(C#N)c(Cl)c2)C1. The lowest BCUT2D eigenvalue weighted by atomic mass is 9.90. The Bertz CT molecular complexity index is 422. The third-order valence-corrected chi connectivity index (χ3v) is 3.49. The summed E-state index contributed by atoms with van der Waals surface area (Å²) in [6, 6.07) is 8.18. The van der Waals surface area contributed by atoms with Crippen LogP contribution < -0.4 is 5.32 Å². The van der Waals surface area contributed by atoms with Crippen molar-refractivity contribution >= 4 is 11.6 Å². The molecule has 0 aromatic heterocycles. The van der Waals surface area contributed by atoms with Crippen LogP contribution in [0.25, 0.3) is 0 Å². The summed E-state index contributed by atoms with van der Waals surface area (Å²) in [6.45, 7) is 3.34. The highest BCUT2D eigenvalue weighted by Gasteiger charge is 2.20. The average molecular weight is 235 g/mol. The van der Waals surface area contributed by atoms with Crippen LogP contribution in [-0.4, -0.2) is 6.54 Å². The normalized spacial score (nSPS) is 25.1. The van der Waals surface area contributed by atoms with E-state index < -0.39 is 0 Å². The lowest BCUT2D eigenvalue weighted by Crippen LogP contribution is -2.30. The van der Waals surface area contributed by atoms with Gasteiger partial charge >= 0.3 is 0 Å². The Kier molecular flexibility index (Phi) is 3.48. The third kappa shape index (κ3) is 2.37. The molecule has 0 radical (unpaired) electrons. The molecule has 1 heterocycles. The first-order chi connectivity index (χ1) is 7.70. The second kappa shape index (κ2) is 4.86. The zero-order valence-corrected chi connectivity index (χ0v) is 10.1. The highest BCUT2D eigenvalue weighted by Crippen LogP contribution is 2.29. The fourth-order valence-corrected chi connectivity index (χ4v) is 2.43. The summed E-state index contributed by atoms with van der Waals surface area (Å²) in [7, 11) is 0. The van der Waals surface area contributed by atoms with Gasteiger partial charge in [0.25, 0.3) is 0 Å². The smallest absolute Gasteiger partial charge is 0.101 e. The van der Waals surface area contributed by atoms with Crippen LogP contribution in [-0.2, 0) is 0 Å². The van der Waals surface area contributed by atoms with Crippen molar-refractivity contribution in [2.24, 2.45) is 5.92 Å². The molecular formula is C13H15ClN2. The van der Waals surface area contributed by atoms with E-state index in [0.29, 0.717) is 16.6 Å². The van der Waals surface area contributed by atoms with Crippen LogP contribution in [0.15, 0.2) is 18.2 Å². The second-order valence-electron chi connectivity index (χ2n) is 4.49. The Hall–Kier alpha value is -1.04. The van der Waals surface area contributed by atoms with Gasteiger partial charge in [-0.2, -0.15) is 5.26 Å². The van der Waals surface area contributed by atoms with Crippen LogP contribution in [0.5, 0.6) is 0 Å². The van der Waals surface area contributed by atoms with Crippen molar-refractivity contribution < 1.29 is 0 Å². The van der Waals surface area contributed by atoms with Crippen molar-refractivity contribution in [1.82, 2.24) is 5.32 Å². The van der Waals surface area contributed by atoms with Gasteiger partial charge < -0.3 is 5.32 Å². The van der Waals surface area contributed by atoms with Crippen molar-refractivity contribution in [3.05, 3.63) is 34.3 Å². The number of nitrogens with zero attached hydrogens (tertiary/aromatic N) is 1. The van der Waals surface area contributed by atoms with E-state index in [9.17, 15) is 0 Å². The molecular weight excluding hydrogens is 220 g/mol. The monoisotopic (exact) mass is 234 g/mol. The molecule has 84 valence electrons. The molecule has 1 N–H and O–H groups in total. The van der Waals surface area contributed by atoms with E-state index in [1.54, 1.807) is 6.07 Å². The standard InChI is InChI=1S/C13H15ClN2/c1-9-4-5-16-13(6-9)10-2-3-11(8-15)12(14)7-10/h2-3,7,9,13,16H,4-6H2,1H3. The molecule has 1 aromatic rings. The summed E-state index contributed by atoms with van der Waals surface area (Å²) in [4.78, 5) is 0. The molecule has 2 atom stereocenters. The lowest BCUT2D eigenvalue weighted by molar-refractivity contribution is 0.325. The van der Waals surface area contributed by atoms with E-state index in [2.05, 4.69) is 18.3 Å². The summed E-state index contributed by atoms with van der Waals surface area (Å²) >= 11 is 6.03. The Labute approximate surface area is 101 Å². The number of piperidine rings is 1. The van der Waals surface area contributed by atoms with Crippen molar-refractivity contribution in [1.29, 1.82) is 5.26 Å². The van der Waals surface area contributed by atoms with Crippen molar-refractivity contribution in [3.63, 3.8) is 0 Å². The van der Waals surface area contributed by atoms with E-state index in [4.69, 9.17) is 16.9 Å². The number of halogens is 1. The molecule has 0 bridgehead atoms. The van der Waals surface area contributed by atoms with Crippen LogP contribution in [0.4, 0.5) is 0 Å². The highest BCUT2D eigenvalue weighted by molar-refractivity contribution is 6.31. The van der Waals surface area contributed by atoms with Crippen LogP contribution in [0, 0.1) is 17.2 Å². The minimum atomic E-state index is 0.383. The highest BCUT2D eigenvalue weighted by atomic mass is 35.5. The second-order valence-corrected chi connectivity index (χ2v) is 4.89. The summed E-state index contributed by atoms with van der Waals surface area (Å²) in [5.74, 6) is 0.751. The Morgan fingerprint density at radius 3 is 2.94 bits per heavy atom. The minimum absolute atomic E-state index is 0.383. The Balaban J connectivity index is 2.21. The van der Waals surface area contributed by atoms with E-state index in [-0.39, 0.29) is 0 Å². The van der Waals surface area contributed by atoms with Crippen molar-refractivity contribution in [2.45, 2.75) is 25.8 Å². The largest absolute Gasteiger partial charge is 0.310 e. The topological polar surface area (TPSA) is 35.8 Å². The first-order valence-corrected chi connectivity index (χ1v) is 6.01. The molecule has 1 aromatic carbocycles. The number of benzene rings is 1. The van der Waals surface area contributed by atoms with E-state index in [1.165, 1.54) is 12.0 Å². The van der Waals surface area contributed by atoms with Crippen molar-refractivity contribution in [2.75, 3.05) is 6.54 Å². The Morgan fingerprint density at radius 2 is 2.31 bits per heavy atom. The first kappa shape index (κ1) is 11.4. The van der Waals surface area contributed by atoms with Gasteiger partial charge in [0.2, 0.25) is 0 Å². The van der Waals surface area contributed by atoms with Gasteiger partial charge in [0.1, 0.15) is 6.07 Å². The first-order valence-electron chi connectivity index (χ1n) is 5.63. The molecule has 0 spiro atoms. The van der Waals surface area contributed by atoms with E-state index in [0.717, 1.165) is 18.9 Å². The lowest BCUT2D eigenvalue weighted by Gasteiger charge is -2.28. The fourth-order valence-electron chi connectivity index (χ4n) is 2.20. The minimum Gasteiger partial charge on any atom is -0.310 e. The van der Waals surface area contributed by atoms with Gasteiger partial charge in [-0.3, -0.25) is 0 Å². The molecule has 0 aliphatic carbocycles. The van der Waals surface area contributed by atoms with Gasteiger partial charge in [-0.25, -0.2) is 0 Å². The molecule has 1 aliphatic heterocycles. The van der Waals surface area contributed by atoms with Gasteiger partial charge in [-0.05, 0) is 43.0 Å². The molecule has 16 heavy (non-hydrogen) atoms. The van der Waals surface area contributed by atoms with Crippen LogP contribution >= 0.6 is 11.6 Å². The maximum absolute atomic E-state index is 8.81. The molecule has 2 rings (SSSR count). The maximum atomic E-state index is 8.81. The van der Waals surface area contributed by atoms with Gasteiger partial charge in [0, 0.05) is 6.04 Å². The molecule has 2 nitrogen and oxygen atoms in total. The van der Waals surface area contributed by atoms with Gasteiger partial charge in [-0.1, -0.05) is 24.6 Å². The third-order valence-electron chi connectivity index (χ3n) is 3.18. The molecule has 0 amide bonds. The predicted molar refractivity (Wildman–Crippen MR) is 65.3 cm³/mol. The quantitative estimate of drug-likeness (QED) is 0.810. The summed E-state index contributed by atoms with van der Waals surface area (Å²) < 4.78 is 0. The number of nitrogens with one attached hydrogen (secondary N) is 1. The molecule has 1 fully saturated rings. The molecule has 1 aliphatic rings. The van der Waals surface area contributed by atoms with Crippen LogP contribution in [0.1, 0.15) is 36.9 Å². The van der Waals surface area contributed by atoms with Crippen LogP contribution in [0.2, 0.25) is 5.02 Å². The summed E-state index contributed by atoms with van der Waals surface area (Å²) in [5, 5.41) is 12.9. The van der Waals surface area contributed by atoms with Crippen LogP contribution in [0.3, 0.4) is 0 Å². The van der Waals surface area contributed by atoms with E-state index in [1.807, 2.05) is 12.1 Å². The van der Waals surface area contributed by atoms with Crippen molar-refractivity contribution in [3.8, 4) is 6.07 Å². The van der Waals surface area contributed by atoms with Gasteiger partial charge in [0.05, 0.1) is 10.6 Å². The van der Waals surface area contributed by atoms with E-state index >= 15 is 0 Å². The molecule has 3 heteroatoms. The molecule has 2 unspecified atom stereocenters. The maximum Gasteiger partial charge on any atom is 0.101 e. The zero-order chi connectivity index (χ0) is 11.5.